The number of nitrogens with one attached hydrogen (secondary N) is 2. The number of aromatic nitrogens is 2. The molecule has 1 spiro atoms. The van der Waals surface area contributed by atoms with Crippen LogP contribution in [0.5, 0.6) is 0 Å². The summed E-state index contributed by atoms with van der Waals surface area (Å²) in [5.41, 5.74) is 2.58. The van der Waals surface area contributed by atoms with E-state index in [4.69, 9.17) is 0 Å². The second kappa shape index (κ2) is 7.82. The number of piperidine rings is 1. The first kappa shape index (κ1) is 18.2. The maximum Gasteiger partial charge on any atom is 0.237 e. The fraction of sp³-hybridized carbons (Fsp3) is 0.524. The predicted octanol–water partition coefficient (Wildman–Crippen LogP) is 1.62. The average Bonchev–Trinajstić information content (AvgIpc) is 3.25. The van der Waals surface area contributed by atoms with Crippen LogP contribution in [0.15, 0.2) is 42.7 Å². The molecule has 0 radical (unpaired) electrons. The highest BCUT2D eigenvalue weighted by atomic mass is 16.2. The highest BCUT2D eigenvalue weighted by Gasteiger charge is 2.45. The fourth-order valence-electron chi connectivity index (χ4n) is 4.54. The minimum Gasteiger partial charge on any atom is -0.351 e. The van der Waals surface area contributed by atoms with Crippen LogP contribution >= 0.6 is 0 Å². The molecule has 2 N–H and O–H groups in total. The molecule has 6 heteroatoms. The van der Waals surface area contributed by atoms with Crippen molar-refractivity contribution in [2.75, 3.05) is 26.7 Å². The summed E-state index contributed by atoms with van der Waals surface area (Å²) in [5.74, 6) is 0.142. The molecule has 1 atom stereocenters. The van der Waals surface area contributed by atoms with Crippen LogP contribution in [0.1, 0.15) is 30.4 Å². The number of amides is 1. The SMILES string of the molecule is CN1CC2(CCNCC2)CC1C(=O)NCc1cnn(Cc2ccccc2)c1. The van der Waals surface area contributed by atoms with Crippen LogP contribution in [0.25, 0.3) is 0 Å². The quantitative estimate of drug-likeness (QED) is 0.843. The molecule has 144 valence electrons. The Balaban J connectivity index is 1.30. The van der Waals surface area contributed by atoms with E-state index in [-0.39, 0.29) is 11.9 Å². The van der Waals surface area contributed by atoms with Gasteiger partial charge in [0.05, 0.1) is 18.8 Å². The van der Waals surface area contributed by atoms with E-state index < -0.39 is 0 Å². The fourth-order valence-corrected chi connectivity index (χ4v) is 4.54. The number of likely N-dealkylation sites (tertiary alicyclic amines) is 1. The summed E-state index contributed by atoms with van der Waals surface area (Å²) < 4.78 is 1.92. The van der Waals surface area contributed by atoms with Crippen molar-refractivity contribution in [2.45, 2.75) is 38.4 Å². The molecular formula is C21H29N5O. The van der Waals surface area contributed by atoms with Gasteiger partial charge in [0.15, 0.2) is 0 Å². The lowest BCUT2D eigenvalue weighted by molar-refractivity contribution is -0.125. The van der Waals surface area contributed by atoms with Gasteiger partial charge in [-0.05, 0) is 50.4 Å². The number of hydrogen-bond donors (Lipinski definition) is 2. The normalized spacial score (nSPS) is 22.2. The summed E-state index contributed by atoms with van der Waals surface area (Å²) in [6.45, 7) is 4.45. The minimum absolute atomic E-state index is 0.0116. The summed E-state index contributed by atoms with van der Waals surface area (Å²) in [5, 5.41) is 11.0. The molecule has 2 fully saturated rings. The Morgan fingerprint density at radius 3 is 2.81 bits per heavy atom. The monoisotopic (exact) mass is 367 g/mol. The molecule has 2 aromatic rings. The Hall–Kier alpha value is -2.18. The van der Waals surface area contributed by atoms with Gasteiger partial charge in [-0.1, -0.05) is 30.3 Å². The van der Waals surface area contributed by atoms with Crippen LogP contribution in [-0.2, 0) is 17.9 Å². The molecule has 2 aliphatic rings. The maximum absolute atomic E-state index is 12.8. The number of rotatable bonds is 5. The standard InChI is InChI=1S/C21H29N5O/c1-25-16-21(7-9-22-10-8-21)11-19(25)20(27)23-12-18-13-24-26(15-18)14-17-5-3-2-4-6-17/h2-6,13,15,19,22H,7-12,14,16H2,1H3,(H,23,27). The van der Waals surface area contributed by atoms with Gasteiger partial charge in [-0.15, -0.1) is 0 Å². The summed E-state index contributed by atoms with van der Waals surface area (Å²) in [6, 6.07) is 10.3. The van der Waals surface area contributed by atoms with E-state index >= 15 is 0 Å². The van der Waals surface area contributed by atoms with Crippen molar-refractivity contribution in [1.82, 2.24) is 25.3 Å². The molecule has 4 rings (SSSR count). The first-order chi connectivity index (χ1) is 13.1. The van der Waals surface area contributed by atoms with Crippen LogP contribution in [0.3, 0.4) is 0 Å². The summed E-state index contributed by atoms with van der Waals surface area (Å²) >= 11 is 0. The first-order valence-electron chi connectivity index (χ1n) is 9.88. The van der Waals surface area contributed by atoms with Gasteiger partial charge in [0.25, 0.3) is 0 Å². The molecule has 1 amide bonds. The minimum atomic E-state index is -0.0116. The van der Waals surface area contributed by atoms with Crippen LogP contribution in [0.4, 0.5) is 0 Å². The lowest BCUT2D eigenvalue weighted by Crippen LogP contribution is -2.41. The van der Waals surface area contributed by atoms with Crippen molar-refractivity contribution in [3.05, 3.63) is 53.9 Å². The zero-order valence-electron chi connectivity index (χ0n) is 16.0. The maximum atomic E-state index is 12.8. The topological polar surface area (TPSA) is 62.2 Å². The second-order valence-electron chi connectivity index (χ2n) is 8.13. The van der Waals surface area contributed by atoms with Gasteiger partial charge in [-0.25, -0.2) is 0 Å². The summed E-state index contributed by atoms with van der Waals surface area (Å²) in [4.78, 5) is 15.0. The molecule has 1 unspecified atom stereocenters. The van der Waals surface area contributed by atoms with Crippen LogP contribution in [0.2, 0.25) is 0 Å². The highest BCUT2D eigenvalue weighted by Crippen LogP contribution is 2.41. The third kappa shape index (κ3) is 4.22. The van der Waals surface area contributed by atoms with Gasteiger partial charge >= 0.3 is 0 Å². The molecule has 6 nitrogen and oxygen atoms in total. The third-order valence-electron chi connectivity index (χ3n) is 6.05. The van der Waals surface area contributed by atoms with Crippen molar-refractivity contribution in [3.8, 4) is 0 Å². The Morgan fingerprint density at radius 2 is 2.04 bits per heavy atom. The number of likely N-dealkylation sites (N-methyl/N-ethyl adjacent to an activating group) is 1. The van der Waals surface area contributed by atoms with Gasteiger partial charge in [0, 0.05) is 24.8 Å². The lowest BCUT2D eigenvalue weighted by atomic mass is 9.77. The zero-order valence-corrected chi connectivity index (χ0v) is 16.0. The predicted molar refractivity (Wildman–Crippen MR) is 105 cm³/mol. The lowest BCUT2D eigenvalue weighted by Gasteiger charge is -2.33. The Bertz CT molecular complexity index is 766. The second-order valence-corrected chi connectivity index (χ2v) is 8.13. The van der Waals surface area contributed by atoms with Crippen LogP contribution in [0, 0.1) is 5.41 Å². The Kier molecular flexibility index (Phi) is 5.27. The third-order valence-corrected chi connectivity index (χ3v) is 6.05. The molecule has 2 aliphatic heterocycles. The van der Waals surface area contributed by atoms with Crippen molar-refractivity contribution in [2.24, 2.45) is 5.41 Å². The largest absolute Gasteiger partial charge is 0.351 e. The van der Waals surface area contributed by atoms with E-state index in [9.17, 15) is 4.79 Å². The molecule has 3 heterocycles. The molecule has 0 aliphatic carbocycles. The van der Waals surface area contributed by atoms with Gasteiger partial charge in [-0.3, -0.25) is 14.4 Å². The van der Waals surface area contributed by atoms with E-state index in [1.165, 1.54) is 18.4 Å². The number of hydrogen-bond acceptors (Lipinski definition) is 4. The van der Waals surface area contributed by atoms with E-state index in [1.807, 2.05) is 35.3 Å². The van der Waals surface area contributed by atoms with Crippen LogP contribution < -0.4 is 10.6 Å². The molecule has 0 bridgehead atoms. The van der Waals surface area contributed by atoms with Gasteiger partial charge < -0.3 is 10.6 Å². The number of carbonyl (C=O) groups excluding carboxylic acids is 1. The van der Waals surface area contributed by atoms with Gasteiger partial charge in [-0.2, -0.15) is 5.10 Å². The summed E-state index contributed by atoms with van der Waals surface area (Å²) in [7, 11) is 2.08. The Labute approximate surface area is 160 Å². The molecule has 2 saturated heterocycles. The first-order valence-corrected chi connectivity index (χ1v) is 9.88. The van der Waals surface area contributed by atoms with E-state index in [2.05, 4.69) is 39.8 Å². The van der Waals surface area contributed by atoms with E-state index in [1.54, 1.807) is 0 Å². The number of benzene rings is 1. The summed E-state index contributed by atoms with van der Waals surface area (Å²) in [6.07, 6.45) is 7.18. The van der Waals surface area contributed by atoms with Gasteiger partial charge in [0.1, 0.15) is 0 Å². The number of carbonyl (C=O) groups is 1. The zero-order chi connectivity index (χ0) is 18.7. The molecular weight excluding hydrogens is 338 g/mol. The van der Waals surface area contributed by atoms with Crippen molar-refractivity contribution in [3.63, 3.8) is 0 Å². The smallest absolute Gasteiger partial charge is 0.237 e. The van der Waals surface area contributed by atoms with Crippen molar-refractivity contribution < 1.29 is 4.79 Å². The Morgan fingerprint density at radius 1 is 1.26 bits per heavy atom. The molecule has 0 saturated carbocycles. The molecule has 1 aromatic carbocycles. The van der Waals surface area contributed by atoms with Gasteiger partial charge in [0.2, 0.25) is 5.91 Å². The van der Waals surface area contributed by atoms with Crippen LogP contribution in [-0.4, -0.2) is 53.3 Å². The number of nitrogens with zero attached hydrogens (tertiary/aromatic N) is 3. The van der Waals surface area contributed by atoms with Crippen molar-refractivity contribution >= 4 is 5.91 Å². The van der Waals surface area contributed by atoms with Crippen molar-refractivity contribution in [1.29, 1.82) is 0 Å². The molecule has 1 aromatic heterocycles. The highest BCUT2D eigenvalue weighted by molar-refractivity contribution is 5.82. The molecule has 27 heavy (non-hydrogen) atoms. The average molecular weight is 367 g/mol. The van der Waals surface area contributed by atoms with E-state index in [0.717, 1.165) is 38.2 Å². The van der Waals surface area contributed by atoms with E-state index in [0.29, 0.717) is 12.0 Å².